The Morgan fingerprint density at radius 1 is 1.10 bits per heavy atom. The number of amides is 1. The van der Waals surface area contributed by atoms with Gasteiger partial charge in [-0.1, -0.05) is 36.4 Å². The molecule has 4 nitrogen and oxygen atoms in total. The third-order valence-electron chi connectivity index (χ3n) is 6.40. The number of methoxy groups -OCH3 is 1. The van der Waals surface area contributed by atoms with Crippen LogP contribution in [0.1, 0.15) is 29.5 Å². The first-order valence-electron chi connectivity index (χ1n) is 10.5. The summed E-state index contributed by atoms with van der Waals surface area (Å²) in [4.78, 5) is 17.3. The molecule has 29 heavy (non-hydrogen) atoms. The summed E-state index contributed by atoms with van der Waals surface area (Å²) in [6.45, 7) is 2.11. The average Bonchev–Trinajstić information content (AvgIpc) is 3.22. The van der Waals surface area contributed by atoms with Gasteiger partial charge in [-0.2, -0.15) is 0 Å². The topological polar surface area (TPSA) is 32.8 Å². The van der Waals surface area contributed by atoms with Crippen molar-refractivity contribution >= 4 is 12.0 Å². The Bertz CT molecular complexity index is 850. The molecule has 1 heterocycles. The summed E-state index contributed by atoms with van der Waals surface area (Å²) in [5.74, 6) is 0.893. The number of likely N-dealkylation sites (N-methyl/N-ethyl adjacent to an activating group) is 1. The molecule has 0 spiro atoms. The van der Waals surface area contributed by atoms with Crippen molar-refractivity contribution in [2.24, 2.45) is 0 Å². The molecule has 4 heteroatoms. The molecule has 2 aromatic carbocycles. The highest BCUT2D eigenvalue weighted by molar-refractivity contribution is 5.91. The average molecular weight is 391 g/mol. The van der Waals surface area contributed by atoms with E-state index in [0.717, 1.165) is 50.1 Å². The first kappa shape index (κ1) is 19.7. The zero-order chi connectivity index (χ0) is 20.2. The number of carbonyl (C=O) groups excluding carboxylic acids is 1. The van der Waals surface area contributed by atoms with Crippen LogP contribution in [0.4, 0.5) is 0 Å². The molecule has 0 radical (unpaired) electrons. The van der Waals surface area contributed by atoms with Gasteiger partial charge in [0.1, 0.15) is 5.75 Å². The largest absolute Gasteiger partial charge is 0.497 e. The fourth-order valence-electron chi connectivity index (χ4n) is 4.60. The summed E-state index contributed by atoms with van der Waals surface area (Å²) in [6.07, 6.45) is 8.07. The molecule has 2 aliphatic rings. The molecule has 2 aromatic rings. The molecule has 1 aliphatic carbocycles. The number of rotatable bonds is 5. The number of fused-ring (bicyclic) bond motifs is 1. The van der Waals surface area contributed by atoms with Crippen LogP contribution in [-0.2, 0) is 17.6 Å². The highest BCUT2D eigenvalue weighted by Crippen LogP contribution is 2.28. The zero-order valence-corrected chi connectivity index (χ0v) is 17.4. The van der Waals surface area contributed by atoms with Gasteiger partial charge in [0, 0.05) is 31.8 Å². The molecule has 1 unspecified atom stereocenters. The van der Waals surface area contributed by atoms with Crippen molar-refractivity contribution in [2.75, 3.05) is 27.2 Å². The molecule has 0 aromatic heterocycles. The second-order valence-electron chi connectivity index (χ2n) is 8.18. The molecule has 4 rings (SSSR count). The highest BCUT2D eigenvalue weighted by Gasteiger charge is 2.32. The molecule has 0 bridgehead atoms. The molecular weight excluding hydrogens is 360 g/mol. The maximum Gasteiger partial charge on any atom is 0.246 e. The summed E-state index contributed by atoms with van der Waals surface area (Å²) in [6, 6.07) is 17.4. The van der Waals surface area contributed by atoms with Crippen molar-refractivity contribution in [1.82, 2.24) is 9.80 Å². The molecule has 0 N–H and O–H groups in total. The van der Waals surface area contributed by atoms with Crippen LogP contribution >= 0.6 is 0 Å². The summed E-state index contributed by atoms with van der Waals surface area (Å²) < 4.78 is 5.18. The SMILES string of the molecule is COc1ccc(C=CC(=O)N(C)C2CCCN(C3Cc4ccccc4C3)C2)cc1. The molecule has 1 aliphatic heterocycles. The minimum absolute atomic E-state index is 0.0716. The van der Waals surface area contributed by atoms with E-state index in [1.165, 1.54) is 11.1 Å². The highest BCUT2D eigenvalue weighted by atomic mass is 16.5. The van der Waals surface area contributed by atoms with Crippen LogP contribution in [-0.4, -0.2) is 55.0 Å². The molecule has 152 valence electrons. The smallest absolute Gasteiger partial charge is 0.246 e. The van der Waals surface area contributed by atoms with Gasteiger partial charge in [-0.25, -0.2) is 0 Å². The predicted octanol–water partition coefficient (Wildman–Crippen LogP) is 3.80. The van der Waals surface area contributed by atoms with Crippen molar-refractivity contribution in [3.05, 3.63) is 71.3 Å². The Labute approximate surface area is 173 Å². The number of hydrogen-bond acceptors (Lipinski definition) is 3. The van der Waals surface area contributed by atoms with E-state index < -0.39 is 0 Å². The normalized spacial score (nSPS) is 20.0. The van der Waals surface area contributed by atoms with Crippen LogP contribution in [0.15, 0.2) is 54.6 Å². The van der Waals surface area contributed by atoms with Gasteiger partial charge in [-0.15, -0.1) is 0 Å². The van der Waals surface area contributed by atoms with Gasteiger partial charge in [0.15, 0.2) is 0 Å². The maximum atomic E-state index is 12.7. The second kappa shape index (κ2) is 8.83. The van der Waals surface area contributed by atoms with Crippen molar-refractivity contribution in [2.45, 2.75) is 37.8 Å². The number of nitrogens with zero attached hydrogens (tertiary/aromatic N) is 2. The van der Waals surface area contributed by atoms with Crippen molar-refractivity contribution in [3.63, 3.8) is 0 Å². The first-order chi connectivity index (χ1) is 14.1. The quantitative estimate of drug-likeness (QED) is 0.728. The Balaban J connectivity index is 1.35. The Kier molecular flexibility index (Phi) is 6.00. The van der Waals surface area contributed by atoms with E-state index >= 15 is 0 Å². The summed E-state index contributed by atoms with van der Waals surface area (Å²) >= 11 is 0. The number of likely N-dealkylation sites (tertiary alicyclic amines) is 1. The lowest BCUT2D eigenvalue weighted by Crippen LogP contribution is -2.51. The van der Waals surface area contributed by atoms with Crippen LogP contribution in [0.25, 0.3) is 6.08 Å². The number of ether oxygens (including phenoxy) is 1. The summed E-state index contributed by atoms with van der Waals surface area (Å²) in [7, 11) is 3.60. The third-order valence-corrected chi connectivity index (χ3v) is 6.40. The van der Waals surface area contributed by atoms with Crippen LogP contribution in [0.2, 0.25) is 0 Å². The molecule has 1 amide bonds. The van der Waals surface area contributed by atoms with Crippen molar-refractivity contribution in [1.29, 1.82) is 0 Å². The van der Waals surface area contributed by atoms with E-state index in [1.54, 1.807) is 13.2 Å². The lowest BCUT2D eigenvalue weighted by Gasteiger charge is -2.40. The lowest BCUT2D eigenvalue weighted by atomic mass is 10.0. The van der Waals surface area contributed by atoms with Gasteiger partial charge in [0.05, 0.1) is 7.11 Å². The Hall–Kier alpha value is -2.59. The van der Waals surface area contributed by atoms with Crippen LogP contribution in [0.5, 0.6) is 5.75 Å². The monoisotopic (exact) mass is 390 g/mol. The van der Waals surface area contributed by atoms with E-state index in [2.05, 4.69) is 29.2 Å². The van der Waals surface area contributed by atoms with E-state index in [-0.39, 0.29) is 11.9 Å². The lowest BCUT2D eigenvalue weighted by molar-refractivity contribution is -0.127. The number of carbonyl (C=O) groups is 1. The van der Waals surface area contributed by atoms with Crippen LogP contribution in [0.3, 0.4) is 0 Å². The molecule has 0 saturated carbocycles. The van der Waals surface area contributed by atoms with Crippen LogP contribution < -0.4 is 4.74 Å². The van der Waals surface area contributed by atoms with Crippen molar-refractivity contribution in [3.8, 4) is 5.75 Å². The predicted molar refractivity (Wildman–Crippen MR) is 117 cm³/mol. The van der Waals surface area contributed by atoms with Gasteiger partial charge in [-0.05, 0) is 67.1 Å². The molecule has 1 fully saturated rings. The van der Waals surface area contributed by atoms with E-state index in [1.807, 2.05) is 42.3 Å². The Morgan fingerprint density at radius 3 is 2.45 bits per heavy atom. The zero-order valence-electron chi connectivity index (χ0n) is 17.4. The van der Waals surface area contributed by atoms with E-state index in [4.69, 9.17) is 4.74 Å². The van der Waals surface area contributed by atoms with Gasteiger partial charge in [0.2, 0.25) is 5.91 Å². The molecular formula is C25H30N2O2. The van der Waals surface area contributed by atoms with Gasteiger partial charge >= 0.3 is 0 Å². The number of hydrogen-bond donors (Lipinski definition) is 0. The second-order valence-corrected chi connectivity index (χ2v) is 8.18. The molecule has 1 saturated heterocycles. The minimum Gasteiger partial charge on any atom is -0.497 e. The molecule has 1 atom stereocenters. The van der Waals surface area contributed by atoms with Crippen LogP contribution in [0, 0.1) is 0 Å². The van der Waals surface area contributed by atoms with E-state index in [9.17, 15) is 4.79 Å². The van der Waals surface area contributed by atoms with Gasteiger partial charge < -0.3 is 9.64 Å². The van der Waals surface area contributed by atoms with Crippen molar-refractivity contribution < 1.29 is 9.53 Å². The first-order valence-corrected chi connectivity index (χ1v) is 10.5. The third kappa shape index (κ3) is 4.54. The maximum absolute atomic E-state index is 12.7. The minimum atomic E-state index is 0.0716. The Morgan fingerprint density at radius 2 is 1.79 bits per heavy atom. The number of piperidine rings is 1. The standard InChI is InChI=1S/C25H30N2O2/c1-26(25(28)14-11-19-9-12-24(29-2)13-10-19)22-8-5-15-27(18-22)23-16-20-6-3-4-7-21(20)17-23/h3-4,6-7,9-14,22-23H,5,8,15-18H2,1-2H3. The number of benzene rings is 2. The fraction of sp³-hybridized carbons (Fsp3) is 0.400. The summed E-state index contributed by atoms with van der Waals surface area (Å²) in [5.41, 5.74) is 3.99. The van der Waals surface area contributed by atoms with Gasteiger partial charge in [-0.3, -0.25) is 9.69 Å². The van der Waals surface area contributed by atoms with Gasteiger partial charge in [0.25, 0.3) is 0 Å². The summed E-state index contributed by atoms with van der Waals surface area (Å²) in [5, 5.41) is 0. The fourth-order valence-corrected chi connectivity index (χ4v) is 4.60. The van der Waals surface area contributed by atoms with E-state index in [0.29, 0.717) is 6.04 Å².